The Hall–Kier alpha value is -2.29. The molecule has 3 heteroatoms. The molecule has 0 spiro atoms. The Morgan fingerprint density at radius 3 is 2.41 bits per heavy atom. The lowest BCUT2D eigenvalue weighted by Gasteiger charge is -2.20. The fourth-order valence-electron chi connectivity index (χ4n) is 2.44. The van der Waals surface area contributed by atoms with Gasteiger partial charge in [-0.15, -0.1) is 0 Å². The molecule has 0 aliphatic carbocycles. The van der Waals surface area contributed by atoms with Crippen LogP contribution in [0.4, 0.5) is 11.4 Å². The molecule has 0 heterocycles. The molecule has 0 aliphatic rings. The number of hydrogen-bond donors (Lipinski definition) is 1. The van der Waals surface area contributed by atoms with Crippen molar-refractivity contribution in [2.24, 2.45) is 0 Å². The van der Waals surface area contributed by atoms with Crippen LogP contribution in [0.2, 0.25) is 0 Å². The summed E-state index contributed by atoms with van der Waals surface area (Å²) in [6, 6.07) is 18.0. The molecule has 0 unspecified atom stereocenters. The van der Waals surface area contributed by atoms with E-state index in [0.29, 0.717) is 12.5 Å². The van der Waals surface area contributed by atoms with Crippen LogP contribution in [0.25, 0.3) is 0 Å². The Morgan fingerprint density at radius 2 is 1.73 bits per heavy atom. The number of carbonyl (C=O) groups excluding carboxylic acids is 1. The fraction of sp³-hybridized carbons (Fsp3) is 0.316. The quantitative estimate of drug-likeness (QED) is 0.863. The molecule has 0 saturated carbocycles. The zero-order valence-corrected chi connectivity index (χ0v) is 13.5. The Labute approximate surface area is 133 Å². The molecule has 0 bridgehead atoms. The number of anilines is 2. The van der Waals surface area contributed by atoms with Crippen LogP contribution in [0.5, 0.6) is 0 Å². The van der Waals surface area contributed by atoms with Gasteiger partial charge in [-0.3, -0.25) is 4.79 Å². The number of amides is 1. The topological polar surface area (TPSA) is 32.3 Å². The third-order valence-electron chi connectivity index (χ3n) is 3.96. The van der Waals surface area contributed by atoms with Crippen molar-refractivity contribution in [3.05, 3.63) is 60.2 Å². The van der Waals surface area contributed by atoms with Crippen LogP contribution in [0, 0.1) is 0 Å². The van der Waals surface area contributed by atoms with Crippen molar-refractivity contribution in [2.45, 2.75) is 26.2 Å². The minimum absolute atomic E-state index is 0.00195. The van der Waals surface area contributed by atoms with Crippen molar-refractivity contribution >= 4 is 17.3 Å². The SMILES string of the molecule is CC[C@@H](C)c1ccccc1NC(=O)CN(C)c1ccccc1. The number of nitrogens with one attached hydrogen (secondary N) is 1. The van der Waals surface area contributed by atoms with Gasteiger partial charge in [0.1, 0.15) is 0 Å². The van der Waals surface area contributed by atoms with Crippen molar-refractivity contribution in [1.82, 2.24) is 0 Å². The van der Waals surface area contributed by atoms with E-state index in [1.807, 2.05) is 60.5 Å². The summed E-state index contributed by atoms with van der Waals surface area (Å²) in [6.45, 7) is 4.67. The molecule has 2 aromatic rings. The molecule has 1 atom stereocenters. The normalized spacial score (nSPS) is 11.8. The third kappa shape index (κ3) is 4.10. The molecule has 22 heavy (non-hydrogen) atoms. The summed E-state index contributed by atoms with van der Waals surface area (Å²) in [5, 5.41) is 3.05. The second-order valence-electron chi connectivity index (χ2n) is 5.64. The number of rotatable bonds is 6. The van der Waals surface area contributed by atoms with E-state index in [1.54, 1.807) is 0 Å². The highest BCUT2D eigenvalue weighted by Gasteiger charge is 2.12. The summed E-state index contributed by atoms with van der Waals surface area (Å²) in [5.74, 6) is 0.436. The van der Waals surface area contributed by atoms with Crippen LogP contribution in [-0.4, -0.2) is 19.5 Å². The molecule has 0 aromatic heterocycles. The first kappa shape index (κ1) is 16.1. The second kappa shape index (κ2) is 7.64. The molecule has 1 N–H and O–H groups in total. The van der Waals surface area contributed by atoms with Gasteiger partial charge in [-0.05, 0) is 36.1 Å². The lowest BCUT2D eigenvalue weighted by atomic mass is 9.97. The van der Waals surface area contributed by atoms with Gasteiger partial charge >= 0.3 is 0 Å². The van der Waals surface area contributed by atoms with Gasteiger partial charge in [0.05, 0.1) is 6.54 Å². The van der Waals surface area contributed by atoms with Gasteiger partial charge in [0.15, 0.2) is 0 Å². The number of benzene rings is 2. The first-order valence-corrected chi connectivity index (χ1v) is 7.76. The van der Waals surface area contributed by atoms with Crippen LogP contribution in [0.3, 0.4) is 0 Å². The van der Waals surface area contributed by atoms with Crippen molar-refractivity contribution < 1.29 is 4.79 Å². The fourth-order valence-corrected chi connectivity index (χ4v) is 2.44. The van der Waals surface area contributed by atoms with E-state index in [0.717, 1.165) is 17.8 Å². The maximum atomic E-state index is 12.3. The molecule has 0 aliphatic heterocycles. The average Bonchev–Trinajstić information content (AvgIpc) is 2.55. The highest BCUT2D eigenvalue weighted by molar-refractivity contribution is 5.94. The number of nitrogens with zero attached hydrogens (tertiary/aromatic N) is 1. The zero-order chi connectivity index (χ0) is 15.9. The first-order valence-electron chi connectivity index (χ1n) is 7.76. The van der Waals surface area contributed by atoms with Crippen molar-refractivity contribution in [1.29, 1.82) is 0 Å². The van der Waals surface area contributed by atoms with Gasteiger partial charge in [-0.1, -0.05) is 50.2 Å². The summed E-state index contributed by atoms with van der Waals surface area (Å²) in [4.78, 5) is 14.3. The maximum Gasteiger partial charge on any atom is 0.243 e. The van der Waals surface area contributed by atoms with E-state index in [4.69, 9.17) is 0 Å². The van der Waals surface area contributed by atoms with E-state index < -0.39 is 0 Å². The highest BCUT2D eigenvalue weighted by Crippen LogP contribution is 2.26. The highest BCUT2D eigenvalue weighted by atomic mass is 16.2. The molecule has 2 rings (SSSR count). The van der Waals surface area contributed by atoms with Crippen LogP contribution < -0.4 is 10.2 Å². The summed E-state index contributed by atoms with van der Waals surface area (Å²) in [7, 11) is 1.93. The van der Waals surface area contributed by atoms with E-state index >= 15 is 0 Å². The molecule has 116 valence electrons. The number of carbonyl (C=O) groups is 1. The third-order valence-corrected chi connectivity index (χ3v) is 3.96. The summed E-state index contributed by atoms with van der Waals surface area (Å²) >= 11 is 0. The maximum absolute atomic E-state index is 12.3. The number of likely N-dealkylation sites (N-methyl/N-ethyl adjacent to an activating group) is 1. The first-order chi connectivity index (χ1) is 10.6. The number of hydrogen-bond acceptors (Lipinski definition) is 2. The van der Waals surface area contributed by atoms with Crippen LogP contribution >= 0.6 is 0 Å². The standard InChI is InChI=1S/C19H24N2O/c1-4-15(2)17-12-8-9-13-18(17)20-19(22)14-21(3)16-10-6-5-7-11-16/h5-13,15H,4,14H2,1-3H3,(H,20,22)/t15-/m1/s1. The van der Waals surface area contributed by atoms with Crippen LogP contribution in [0.15, 0.2) is 54.6 Å². The van der Waals surface area contributed by atoms with E-state index in [1.165, 1.54) is 5.56 Å². The Kier molecular flexibility index (Phi) is 5.59. The average molecular weight is 296 g/mol. The smallest absolute Gasteiger partial charge is 0.243 e. The molecule has 0 saturated heterocycles. The molecular formula is C19H24N2O. The molecule has 0 radical (unpaired) electrons. The van der Waals surface area contributed by atoms with Gasteiger partial charge in [-0.2, -0.15) is 0 Å². The van der Waals surface area contributed by atoms with Gasteiger partial charge < -0.3 is 10.2 Å². The van der Waals surface area contributed by atoms with Crippen molar-refractivity contribution in [2.75, 3.05) is 23.8 Å². The van der Waals surface area contributed by atoms with Crippen molar-refractivity contribution in [3.8, 4) is 0 Å². The van der Waals surface area contributed by atoms with Crippen LogP contribution in [0.1, 0.15) is 31.7 Å². The predicted molar refractivity (Wildman–Crippen MR) is 93.5 cm³/mol. The van der Waals surface area contributed by atoms with Gasteiger partial charge in [0.2, 0.25) is 5.91 Å². The molecule has 1 amide bonds. The van der Waals surface area contributed by atoms with Crippen LogP contribution in [-0.2, 0) is 4.79 Å². The van der Waals surface area contributed by atoms with Gasteiger partial charge in [0, 0.05) is 18.4 Å². The van der Waals surface area contributed by atoms with E-state index in [-0.39, 0.29) is 5.91 Å². The zero-order valence-electron chi connectivity index (χ0n) is 13.5. The molecule has 2 aromatic carbocycles. The van der Waals surface area contributed by atoms with E-state index in [9.17, 15) is 4.79 Å². The molecule has 0 fully saturated rings. The largest absolute Gasteiger partial charge is 0.365 e. The monoisotopic (exact) mass is 296 g/mol. The second-order valence-corrected chi connectivity index (χ2v) is 5.64. The summed E-state index contributed by atoms with van der Waals surface area (Å²) in [5.41, 5.74) is 3.15. The van der Waals surface area contributed by atoms with Crippen molar-refractivity contribution in [3.63, 3.8) is 0 Å². The molecule has 3 nitrogen and oxygen atoms in total. The Bertz CT molecular complexity index is 610. The predicted octanol–water partition coefficient (Wildman–Crippen LogP) is 4.28. The minimum atomic E-state index is 0.00195. The van der Waals surface area contributed by atoms with Gasteiger partial charge in [0.25, 0.3) is 0 Å². The number of para-hydroxylation sites is 2. The molecular weight excluding hydrogens is 272 g/mol. The van der Waals surface area contributed by atoms with E-state index in [2.05, 4.69) is 25.2 Å². The summed E-state index contributed by atoms with van der Waals surface area (Å²) < 4.78 is 0. The van der Waals surface area contributed by atoms with Gasteiger partial charge in [-0.25, -0.2) is 0 Å². The minimum Gasteiger partial charge on any atom is -0.365 e. The Morgan fingerprint density at radius 1 is 1.09 bits per heavy atom. The summed E-state index contributed by atoms with van der Waals surface area (Å²) in [6.07, 6.45) is 1.05. The lowest BCUT2D eigenvalue weighted by Crippen LogP contribution is -2.30. The lowest BCUT2D eigenvalue weighted by molar-refractivity contribution is -0.114. The Balaban J connectivity index is 2.04.